The number of sulfonamides is 1. The number of anilines is 1. The molecule has 0 amide bonds. The molecular weight excluding hydrogens is 407 g/mol. The number of benzene rings is 2. The Balaban J connectivity index is 1.84. The molecule has 2 aromatic carbocycles. The summed E-state index contributed by atoms with van der Waals surface area (Å²) in [5.74, 6) is -3.05. The SMILES string of the molecule is Cc1nc(Oc2ccccc2F)nc(C)c1NS(=O)(=O)Cc1cc(F)ccc1F. The van der Waals surface area contributed by atoms with Gasteiger partial charge in [-0.05, 0) is 44.2 Å². The van der Waals surface area contributed by atoms with Crippen LogP contribution in [0.25, 0.3) is 0 Å². The summed E-state index contributed by atoms with van der Waals surface area (Å²) in [6.07, 6.45) is 0. The molecule has 0 bridgehead atoms. The maximum absolute atomic E-state index is 13.8. The molecule has 3 aromatic rings. The lowest BCUT2D eigenvalue weighted by atomic mass is 10.2. The fourth-order valence-electron chi connectivity index (χ4n) is 2.55. The van der Waals surface area contributed by atoms with Gasteiger partial charge < -0.3 is 4.74 Å². The van der Waals surface area contributed by atoms with E-state index in [2.05, 4.69) is 14.7 Å². The van der Waals surface area contributed by atoms with Crippen molar-refractivity contribution in [2.75, 3.05) is 4.72 Å². The normalized spacial score (nSPS) is 11.3. The van der Waals surface area contributed by atoms with Crippen molar-refractivity contribution in [3.8, 4) is 11.8 Å². The number of hydrogen-bond acceptors (Lipinski definition) is 5. The molecule has 0 spiro atoms. The van der Waals surface area contributed by atoms with Gasteiger partial charge in [-0.3, -0.25) is 4.72 Å². The maximum atomic E-state index is 13.8. The first-order chi connectivity index (χ1) is 13.6. The largest absolute Gasteiger partial charge is 0.421 e. The highest BCUT2D eigenvalue weighted by molar-refractivity contribution is 7.91. The third-order valence-electron chi connectivity index (χ3n) is 3.90. The second-order valence-electron chi connectivity index (χ2n) is 6.18. The maximum Gasteiger partial charge on any atom is 0.322 e. The Labute approximate surface area is 165 Å². The molecule has 0 saturated carbocycles. The van der Waals surface area contributed by atoms with Crippen molar-refractivity contribution >= 4 is 15.7 Å². The second kappa shape index (κ2) is 8.08. The zero-order chi connectivity index (χ0) is 21.2. The molecular formula is C19H16F3N3O3S. The van der Waals surface area contributed by atoms with Crippen LogP contribution in [-0.4, -0.2) is 18.4 Å². The predicted octanol–water partition coefficient (Wildman–Crippen LogP) is 4.24. The van der Waals surface area contributed by atoms with Crippen molar-refractivity contribution < 1.29 is 26.3 Å². The molecule has 152 valence electrons. The minimum atomic E-state index is -4.09. The quantitative estimate of drug-likeness (QED) is 0.641. The van der Waals surface area contributed by atoms with Crippen molar-refractivity contribution in [1.29, 1.82) is 0 Å². The molecule has 6 nitrogen and oxygen atoms in total. The van der Waals surface area contributed by atoms with Crippen molar-refractivity contribution in [3.63, 3.8) is 0 Å². The number of nitrogens with one attached hydrogen (secondary N) is 1. The topological polar surface area (TPSA) is 81.2 Å². The van der Waals surface area contributed by atoms with Crippen LogP contribution in [0.1, 0.15) is 17.0 Å². The van der Waals surface area contributed by atoms with Crippen LogP contribution in [0.2, 0.25) is 0 Å². The molecule has 10 heteroatoms. The first kappa shape index (κ1) is 20.6. The van der Waals surface area contributed by atoms with Crippen molar-refractivity contribution in [2.45, 2.75) is 19.6 Å². The van der Waals surface area contributed by atoms with Gasteiger partial charge in [0.15, 0.2) is 11.6 Å². The zero-order valence-corrected chi connectivity index (χ0v) is 16.2. The highest BCUT2D eigenvalue weighted by atomic mass is 32.2. The Hall–Kier alpha value is -3.14. The summed E-state index contributed by atoms with van der Waals surface area (Å²) in [4.78, 5) is 8.06. The van der Waals surface area contributed by atoms with Gasteiger partial charge in [0.05, 0.1) is 22.8 Å². The molecule has 0 radical (unpaired) electrons. The van der Waals surface area contributed by atoms with Crippen molar-refractivity contribution in [1.82, 2.24) is 9.97 Å². The summed E-state index contributed by atoms with van der Waals surface area (Å²) in [5.41, 5.74) is 0.190. The smallest absolute Gasteiger partial charge is 0.322 e. The molecule has 0 fully saturated rings. The fraction of sp³-hybridized carbons (Fsp3) is 0.158. The molecule has 0 unspecified atom stereocenters. The Morgan fingerprint density at radius 1 is 0.966 bits per heavy atom. The summed E-state index contributed by atoms with van der Waals surface area (Å²) in [6.45, 7) is 3.01. The molecule has 1 heterocycles. The van der Waals surface area contributed by atoms with E-state index in [1.807, 2.05) is 0 Å². The summed E-state index contributed by atoms with van der Waals surface area (Å²) < 4.78 is 73.2. The molecule has 3 rings (SSSR count). The molecule has 0 saturated heterocycles. The monoisotopic (exact) mass is 423 g/mol. The lowest BCUT2D eigenvalue weighted by Crippen LogP contribution is -2.18. The third kappa shape index (κ3) is 5.02. The summed E-state index contributed by atoms with van der Waals surface area (Å²) in [5, 5.41) is 0. The van der Waals surface area contributed by atoms with E-state index >= 15 is 0 Å². The lowest BCUT2D eigenvalue weighted by molar-refractivity contribution is 0.409. The fourth-order valence-corrected chi connectivity index (χ4v) is 3.86. The first-order valence-electron chi connectivity index (χ1n) is 8.36. The second-order valence-corrected chi connectivity index (χ2v) is 7.90. The Kier molecular flexibility index (Phi) is 5.73. The zero-order valence-electron chi connectivity index (χ0n) is 15.4. The van der Waals surface area contributed by atoms with Gasteiger partial charge in [0.25, 0.3) is 0 Å². The number of halogens is 3. The molecule has 0 aliphatic heterocycles. The average molecular weight is 423 g/mol. The van der Waals surface area contributed by atoms with E-state index < -0.39 is 33.2 Å². The van der Waals surface area contributed by atoms with Gasteiger partial charge in [0.1, 0.15) is 11.6 Å². The van der Waals surface area contributed by atoms with Crippen LogP contribution in [0.4, 0.5) is 18.9 Å². The number of hydrogen-bond donors (Lipinski definition) is 1. The van der Waals surface area contributed by atoms with Crippen LogP contribution in [0.5, 0.6) is 11.8 Å². The van der Waals surface area contributed by atoms with Gasteiger partial charge in [-0.1, -0.05) is 12.1 Å². The van der Waals surface area contributed by atoms with E-state index in [-0.39, 0.29) is 34.4 Å². The van der Waals surface area contributed by atoms with Crippen molar-refractivity contribution in [3.05, 3.63) is 76.9 Å². The number of nitrogens with zero attached hydrogens (tertiary/aromatic N) is 2. The Morgan fingerprint density at radius 3 is 2.28 bits per heavy atom. The van der Waals surface area contributed by atoms with Crippen molar-refractivity contribution in [2.24, 2.45) is 0 Å². The lowest BCUT2D eigenvalue weighted by Gasteiger charge is -2.14. The van der Waals surface area contributed by atoms with E-state index in [0.29, 0.717) is 0 Å². The highest BCUT2D eigenvalue weighted by Gasteiger charge is 2.20. The van der Waals surface area contributed by atoms with E-state index in [1.165, 1.54) is 32.0 Å². The van der Waals surface area contributed by atoms with Crippen LogP contribution >= 0.6 is 0 Å². The van der Waals surface area contributed by atoms with Gasteiger partial charge in [0.2, 0.25) is 10.0 Å². The molecule has 1 N–H and O–H groups in total. The number of rotatable bonds is 6. The number of aryl methyl sites for hydroxylation is 2. The molecule has 29 heavy (non-hydrogen) atoms. The molecule has 1 aromatic heterocycles. The summed E-state index contributed by atoms with van der Waals surface area (Å²) in [6, 6.07) is 8.09. The number of ether oxygens (including phenoxy) is 1. The minimum Gasteiger partial charge on any atom is -0.421 e. The summed E-state index contributed by atoms with van der Waals surface area (Å²) >= 11 is 0. The van der Waals surface area contributed by atoms with Crippen LogP contribution in [0, 0.1) is 31.3 Å². The van der Waals surface area contributed by atoms with E-state index in [1.54, 1.807) is 6.07 Å². The van der Waals surface area contributed by atoms with E-state index in [9.17, 15) is 21.6 Å². The van der Waals surface area contributed by atoms with Crippen LogP contribution < -0.4 is 9.46 Å². The Bertz CT molecular complexity index is 1150. The van der Waals surface area contributed by atoms with Gasteiger partial charge in [-0.15, -0.1) is 0 Å². The number of aromatic nitrogens is 2. The summed E-state index contributed by atoms with van der Waals surface area (Å²) in [7, 11) is -4.09. The number of para-hydroxylation sites is 1. The Morgan fingerprint density at radius 2 is 1.62 bits per heavy atom. The van der Waals surface area contributed by atoms with Gasteiger partial charge >= 0.3 is 6.01 Å². The minimum absolute atomic E-state index is 0.0719. The van der Waals surface area contributed by atoms with Gasteiger partial charge in [-0.2, -0.15) is 9.97 Å². The van der Waals surface area contributed by atoms with Crippen LogP contribution in [-0.2, 0) is 15.8 Å². The third-order valence-corrected chi connectivity index (χ3v) is 5.11. The van der Waals surface area contributed by atoms with Gasteiger partial charge in [-0.25, -0.2) is 21.6 Å². The first-order valence-corrected chi connectivity index (χ1v) is 10.0. The van der Waals surface area contributed by atoms with E-state index in [0.717, 1.165) is 18.2 Å². The molecule has 0 atom stereocenters. The standard InChI is InChI=1S/C19H16F3N3O3S/c1-11-18(25-29(26,27)10-13-9-14(20)7-8-15(13)21)12(2)24-19(23-11)28-17-6-4-3-5-16(17)22/h3-9,25H,10H2,1-2H3. The van der Waals surface area contributed by atoms with E-state index in [4.69, 9.17) is 4.74 Å². The van der Waals surface area contributed by atoms with Gasteiger partial charge in [0, 0.05) is 5.56 Å². The van der Waals surface area contributed by atoms with Crippen LogP contribution in [0.3, 0.4) is 0 Å². The highest BCUT2D eigenvalue weighted by Crippen LogP contribution is 2.26. The molecule has 0 aliphatic rings. The predicted molar refractivity (Wildman–Crippen MR) is 101 cm³/mol. The molecule has 0 aliphatic carbocycles. The van der Waals surface area contributed by atoms with Crippen LogP contribution in [0.15, 0.2) is 42.5 Å². The average Bonchev–Trinajstić information content (AvgIpc) is 2.63.